The predicted octanol–water partition coefficient (Wildman–Crippen LogP) is 3.14. The average Bonchev–Trinajstić information content (AvgIpc) is 2.49. The lowest BCUT2D eigenvalue weighted by Crippen LogP contribution is -2.32. The fourth-order valence-corrected chi connectivity index (χ4v) is 2.90. The molecule has 1 radical (unpaired) electrons. The molecule has 3 heteroatoms. The molecule has 0 aromatic heterocycles. The van der Waals surface area contributed by atoms with Gasteiger partial charge in [0.2, 0.25) is 5.91 Å². The van der Waals surface area contributed by atoms with E-state index in [2.05, 4.69) is 18.3 Å². The maximum absolute atomic E-state index is 12.5. The summed E-state index contributed by atoms with van der Waals surface area (Å²) >= 11 is 0. The summed E-state index contributed by atoms with van der Waals surface area (Å²) in [7, 11) is 0. The van der Waals surface area contributed by atoms with Gasteiger partial charge in [0.1, 0.15) is 0 Å². The van der Waals surface area contributed by atoms with E-state index in [1.165, 1.54) is 12.8 Å². The number of amides is 1. The summed E-state index contributed by atoms with van der Waals surface area (Å²) in [6.07, 6.45) is 4.04. The van der Waals surface area contributed by atoms with Crippen molar-refractivity contribution in [1.29, 1.82) is 0 Å². The van der Waals surface area contributed by atoms with E-state index in [0.29, 0.717) is 12.3 Å². The monoisotopic (exact) mass is 273 g/mol. The first-order chi connectivity index (χ1) is 9.72. The maximum Gasteiger partial charge on any atom is 0.226 e. The molecule has 109 valence electrons. The van der Waals surface area contributed by atoms with E-state index in [-0.39, 0.29) is 5.91 Å². The lowest BCUT2D eigenvalue weighted by atomic mass is 9.94. The Labute approximate surface area is 122 Å². The molecule has 0 saturated carbocycles. The topological polar surface area (TPSA) is 34.4 Å². The molecule has 0 aliphatic carbocycles. The first kappa shape index (κ1) is 15.0. The van der Waals surface area contributed by atoms with Crippen LogP contribution in [0.1, 0.15) is 38.2 Å². The average molecular weight is 273 g/mol. The molecule has 1 aromatic carbocycles. The zero-order chi connectivity index (χ0) is 14.4. The van der Waals surface area contributed by atoms with Crippen molar-refractivity contribution < 1.29 is 4.79 Å². The lowest BCUT2D eigenvalue weighted by molar-refractivity contribution is -0.118. The second kappa shape index (κ2) is 7.44. The minimum atomic E-state index is 0.243. The molecule has 0 bridgehead atoms. The Bertz CT molecular complexity index is 438. The van der Waals surface area contributed by atoms with Gasteiger partial charge in [-0.15, -0.1) is 0 Å². The van der Waals surface area contributed by atoms with Gasteiger partial charge in [-0.25, -0.2) is 5.32 Å². The van der Waals surface area contributed by atoms with Gasteiger partial charge in [-0.2, -0.15) is 0 Å². The number of rotatable bonds is 5. The van der Waals surface area contributed by atoms with Gasteiger partial charge in [-0.1, -0.05) is 18.2 Å². The number of anilines is 1. The van der Waals surface area contributed by atoms with Crippen molar-refractivity contribution in [2.75, 3.05) is 24.5 Å². The summed E-state index contributed by atoms with van der Waals surface area (Å²) in [5.41, 5.74) is 2.21. The number of para-hydroxylation sites is 1. The highest BCUT2D eigenvalue weighted by Crippen LogP contribution is 2.22. The molecule has 1 amide bonds. The molecule has 1 fully saturated rings. The van der Waals surface area contributed by atoms with Gasteiger partial charge < -0.3 is 4.90 Å². The van der Waals surface area contributed by atoms with Gasteiger partial charge in [-0.3, -0.25) is 4.79 Å². The Kier molecular flexibility index (Phi) is 5.60. The highest BCUT2D eigenvalue weighted by Gasteiger charge is 2.19. The number of carbonyl (C=O) groups excluding carboxylic acids is 1. The highest BCUT2D eigenvalue weighted by molar-refractivity contribution is 5.94. The molecule has 20 heavy (non-hydrogen) atoms. The molecule has 3 nitrogen and oxygen atoms in total. The SMILES string of the molecule is CCN(C(=O)CCC1CCC[N]C1)c1ccccc1C. The van der Waals surface area contributed by atoms with Crippen LogP contribution in [0.2, 0.25) is 0 Å². The molecule has 1 aliphatic rings. The third-order valence-corrected chi connectivity index (χ3v) is 4.11. The van der Waals surface area contributed by atoms with E-state index in [0.717, 1.165) is 37.3 Å². The number of piperidine rings is 1. The molecule has 2 rings (SSSR count). The van der Waals surface area contributed by atoms with Crippen LogP contribution in [0.4, 0.5) is 5.69 Å². The summed E-state index contributed by atoms with van der Waals surface area (Å²) in [5, 5.41) is 4.45. The number of carbonyl (C=O) groups is 1. The Morgan fingerprint density at radius 1 is 1.40 bits per heavy atom. The van der Waals surface area contributed by atoms with Crippen molar-refractivity contribution in [2.45, 2.75) is 39.5 Å². The van der Waals surface area contributed by atoms with Crippen molar-refractivity contribution in [2.24, 2.45) is 5.92 Å². The van der Waals surface area contributed by atoms with Crippen molar-refractivity contribution in [3.05, 3.63) is 29.8 Å². The third kappa shape index (κ3) is 3.83. The summed E-state index contributed by atoms with van der Waals surface area (Å²) in [6.45, 7) is 6.79. The van der Waals surface area contributed by atoms with E-state index in [4.69, 9.17) is 0 Å². The normalized spacial score (nSPS) is 18.8. The van der Waals surface area contributed by atoms with E-state index in [1.807, 2.05) is 30.0 Å². The molecular formula is C17H25N2O. The van der Waals surface area contributed by atoms with Crippen molar-refractivity contribution >= 4 is 11.6 Å². The highest BCUT2D eigenvalue weighted by atomic mass is 16.2. The molecule has 1 unspecified atom stereocenters. The summed E-state index contributed by atoms with van der Waals surface area (Å²) in [5.74, 6) is 0.857. The molecular weight excluding hydrogens is 248 g/mol. The standard InChI is InChI=1S/C17H25N2O/c1-3-19(16-9-5-4-7-14(16)2)17(20)11-10-15-8-6-12-18-13-15/h4-5,7,9,15H,3,6,8,10-13H2,1-2H3. The molecule has 1 saturated heterocycles. The van der Waals surface area contributed by atoms with Crippen LogP contribution in [0.3, 0.4) is 0 Å². The van der Waals surface area contributed by atoms with Crippen LogP contribution in [-0.4, -0.2) is 25.5 Å². The van der Waals surface area contributed by atoms with Gasteiger partial charge in [-0.05, 0) is 50.7 Å². The lowest BCUT2D eigenvalue weighted by Gasteiger charge is -2.25. The zero-order valence-electron chi connectivity index (χ0n) is 12.6. The van der Waals surface area contributed by atoms with Gasteiger partial charge >= 0.3 is 0 Å². The minimum Gasteiger partial charge on any atom is -0.312 e. The van der Waals surface area contributed by atoms with Crippen molar-refractivity contribution in [3.8, 4) is 0 Å². The largest absolute Gasteiger partial charge is 0.312 e. The van der Waals surface area contributed by atoms with Crippen LogP contribution < -0.4 is 10.2 Å². The number of hydrogen-bond donors (Lipinski definition) is 0. The van der Waals surface area contributed by atoms with Crippen LogP contribution >= 0.6 is 0 Å². The Hall–Kier alpha value is -1.35. The zero-order valence-corrected chi connectivity index (χ0v) is 12.6. The first-order valence-electron chi connectivity index (χ1n) is 7.71. The van der Waals surface area contributed by atoms with Gasteiger partial charge in [0.25, 0.3) is 0 Å². The Morgan fingerprint density at radius 2 is 2.20 bits per heavy atom. The fourth-order valence-electron chi connectivity index (χ4n) is 2.90. The van der Waals surface area contributed by atoms with Crippen molar-refractivity contribution in [3.63, 3.8) is 0 Å². The first-order valence-corrected chi connectivity index (χ1v) is 7.71. The molecule has 1 aliphatic heterocycles. The van der Waals surface area contributed by atoms with Crippen LogP contribution in [0.25, 0.3) is 0 Å². The number of aryl methyl sites for hydroxylation is 1. The van der Waals surface area contributed by atoms with Gasteiger partial charge in [0.15, 0.2) is 0 Å². The van der Waals surface area contributed by atoms with Crippen LogP contribution in [0.15, 0.2) is 24.3 Å². The number of hydrogen-bond acceptors (Lipinski definition) is 1. The Balaban J connectivity index is 1.93. The number of nitrogens with zero attached hydrogens (tertiary/aromatic N) is 2. The molecule has 0 N–H and O–H groups in total. The van der Waals surface area contributed by atoms with E-state index in [1.54, 1.807) is 0 Å². The quantitative estimate of drug-likeness (QED) is 0.811. The molecule has 0 spiro atoms. The Morgan fingerprint density at radius 3 is 2.85 bits per heavy atom. The summed E-state index contributed by atoms with van der Waals surface area (Å²) in [6, 6.07) is 8.11. The van der Waals surface area contributed by atoms with Crippen LogP contribution in [0.5, 0.6) is 0 Å². The second-order valence-corrected chi connectivity index (χ2v) is 5.60. The fraction of sp³-hybridized carbons (Fsp3) is 0.588. The molecule has 1 atom stereocenters. The minimum absolute atomic E-state index is 0.243. The van der Waals surface area contributed by atoms with E-state index in [9.17, 15) is 4.79 Å². The summed E-state index contributed by atoms with van der Waals surface area (Å²) in [4.78, 5) is 14.4. The van der Waals surface area contributed by atoms with Crippen LogP contribution in [-0.2, 0) is 4.79 Å². The summed E-state index contributed by atoms with van der Waals surface area (Å²) < 4.78 is 0. The maximum atomic E-state index is 12.5. The predicted molar refractivity (Wildman–Crippen MR) is 83.0 cm³/mol. The second-order valence-electron chi connectivity index (χ2n) is 5.60. The van der Waals surface area contributed by atoms with Gasteiger partial charge in [0, 0.05) is 31.7 Å². The van der Waals surface area contributed by atoms with Crippen molar-refractivity contribution in [1.82, 2.24) is 5.32 Å². The smallest absolute Gasteiger partial charge is 0.226 e. The third-order valence-electron chi connectivity index (χ3n) is 4.11. The van der Waals surface area contributed by atoms with E-state index < -0.39 is 0 Å². The number of benzene rings is 1. The molecule has 1 aromatic rings. The van der Waals surface area contributed by atoms with Gasteiger partial charge in [0.05, 0.1) is 0 Å². The van der Waals surface area contributed by atoms with Crippen LogP contribution in [0, 0.1) is 12.8 Å². The molecule has 1 heterocycles. The van der Waals surface area contributed by atoms with E-state index >= 15 is 0 Å².